The highest BCUT2D eigenvalue weighted by Crippen LogP contribution is 2.66. The summed E-state index contributed by atoms with van der Waals surface area (Å²) < 4.78 is 40.9. The number of carbonyl (C=O) groups excluding carboxylic acids is 1. The number of rotatable bonds is 12. The fourth-order valence-corrected chi connectivity index (χ4v) is 10.1. The van der Waals surface area contributed by atoms with Gasteiger partial charge in [0.1, 0.15) is 5.69 Å². The molecule has 1 unspecified atom stereocenters. The number of pyridine rings is 1. The van der Waals surface area contributed by atoms with Crippen LogP contribution in [0, 0.1) is 45.6 Å². The lowest BCUT2D eigenvalue weighted by molar-refractivity contribution is -0.384. The molecule has 8 atom stereocenters. The highest BCUT2D eigenvalue weighted by molar-refractivity contribution is 7.54. The third-order valence-corrected chi connectivity index (χ3v) is 12.8. The summed E-state index contributed by atoms with van der Waals surface area (Å²) in [6.07, 6.45) is 7.82. The first-order valence-electron chi connectivity index (χ1n) is 18.0. The van der Waals surface area contributed by atoms with Gasteiger partial charge in [-0.25, -0.2) is 4.79 Å². The number of carbonyl (C=O) groups is 1. The minimum Gasteiger partial charge on any atom is -0.441 e. The molecular weight excluding hydrogens is 645 g/mol. The van der Waals surface area contributed by atoms with Gasteiger partial charge in [-0.3, -0.25) is 19.7 Å². The zero-order chi connectivity index (χ0) is 35.3. The predicted octanol–water partition coefficient (Wildman–Crippen LogP) is 8.83. The van der Waals surface area contributed by atoms with Crippen LogP contribution in [0.2, 0.25) is 0 Å². The number of hydrogen-bond acceptors (Lipinski definition) is 10. The van der Waals surface area contributed by atoms with E-state index in [1.807, 2.05) is 4.90 Å². The van der Waals surface area contributed by atoms with Crippen molar-refractivity contribution < 1.29 is 32.8 Å². The summed E-state index contributed by atoms with van der Waals surface area (Å²) in [7, 11) is -4.27. The van der Waals surface area contributed by atoms with Gasteiger partial charge >= 0.3 is 13.6 Å². The Labute approximate surface area is 291 Å². The van der Waals surface area contributed by atoms with Crippen molar-refractivity contribution >= 4 is 24.9 Å². The number of nitro benzene ring substituents is 1. The van der Waals surface area contributed by atoms with Gasteiger partial charge in [-0.15, -0.1) is 0 Å². The number of nitro groups is 1. The van der Waals surface area contributed by atoms with E-state index in [0.29, 0.717) is 62.2 Å². The van der Waals surface area contributed by atoms with Crippen LogP contribution in [0.25, 0.3) is 0 Å². The van der Waals surface area contributed by atoms with E-state index in [-0.39, 0.29) is 47.1 Å². The number of ether oxygens (including phenoxy) is 2. The van der Waals surface area contributed by atoms with Crippen molar-refractivity contribution in [2.75, 3.05) is 31.2 Å². The van der Waals surface area contributed by atoms with E-state index < -0.39 is 24.3 Å². The minimum absolute atomic E-state index is 0.0261. The molecule has 2 aromatic rings. The van der Waals surface area contributed by atoms with E-state index in [4.69, 9.17) is 18.5 Å². The van der Waals surface area contributed by atoms with E-state index in [1.54, 1.807) is 24.4 Å². The molecule has 0 N–H and O–H groups in total. The maximum atomic E-state index is 15.7. The molecule has 2 saturated carbocycles. The first-order chi connectivity index (χ1) is 23.4. The van der Waals surface area contributed by atoms with E-state index in [0.717, 1.165) is 25.7 Å². The molecule has 11 nitrogen and oxygen atoms in total. The van der Waals surface area contributed by atoms with Gasteiger partial charge in [0.05, 0.1) is 35.9 Å². The molecule has 1 saturated heterocycles. The SMILES string of the molecule is CC(C)[C@H]1CC[C@@H](C)C[C@H]1OP(=O)(O[C@@H]1C[C@H](C)CC[C@H]1C(C)C)[C@@H](OC(=O)c1ccc(N2CCOCC2)c([N+](=O)[O-])c1)c1cccnc1. The normalized spacial score (nSPS) is 28.2. The molecule has 2 heterocycles. The van der Waals surface area contributed by atoms with Crippen molar-refractivity contribution in [2.45, 2.75) is 98.1 Å². The van der Waals surface area contributed by atoms with Crippen LogP contribution in [0.1, 0.15) is 102 Å². The Morgan fingerprint density at radius 3 is 2.06 bits per heavy atom. The van der Waals surface area contributed by atoms with E-state index in [1.165, 1.54) is 18.3 Å². The van der Waals surface area contributed by atoms with Crippen LogP contribution >= 0.6 is 7.60 Å². The van der Waals surface area contributed by atoms with Crippen molar-refractivity contribution in [3.63, 3.8) is 0 Å². The fourth-order valence-electron chi connectivity index (χ4n) is 7.86. The first kappa shape index (κ1) is 37.4. The first-order valence-corrected chi connectivity index (χ1v) is 19.7. The summed E-state index contributed by atoms with van der Waals surface area (Å²) in [5, 5.41) is 12.2. The van der Waals surface area contributed by atoms with Crippen molar-refractivity contribution in [2.24, 2.45) is 35.5 Å². The highest BCUT2D eigenvalue weighted by atomic mass is 31.2. The monoisotopic (exact) mass is 699 g/mol. The molecule has 0 radical (unpaired) electrons. The van der Waals surface area contributed by atoms with Crippen LogP contribution < -0.4 is 4.90 Å². The van der Waals surface area contributed by atoms with Crippen molar-refractivity contribution in [1.29, 1.82) is 0 Å². The van der Waals surface area contributed by atoms with E-state index in [9.17, 15) is 14.9 Å². The fraction of sp³-hybridized carbons (Fsp3) is 0.676. The van der Waals surface area contributed by atoms with Crippen LogP contribution in [0.3, 0.4) is 0 Å². The van der Waals surface area contributed by atoms with E-state index in [2.05, 4.69) is 46.5 Å². The summed E-state index contributed by atoms with van der Waals surface area (Å²) in [6.45, 7) is 14.9. The third kappa shape index (κ3) is 9.09. The van der Waals surface area contributed by atoms with Gasteiger partial charge in [0.15, 0.2) is 0 Å². The molecule has 1 aromatic carbocycles. The Morgan fingerprint density at radius 1 is 0.959 bits per heavy atom. The molecule has 12 heteroatoms. The largest absolute Gasteiger partial charge is 0.441 e. The Morgan fingerprint density at radius 2 is 1.55 bits per heavy atom. The molecule has 5 rings (SSSR count). The van der Waals surface area contributed by atoms with Crippen molar-refractivity contribution in [3.8, 4) is 0 Å². The molecule has 270 valence electrons. The quantitative estimate of drug-likeness (QED) is 0.0917. The van der Waals surface area contributed by atoms with Crippen LogP contribution in [0.5, 0.6) is 0 Å². The minimum atomic E-state index is -4.27. The molecular formula is C37H54N3O8P. The molecule has 1 aromatic heterocycles. The standard InChI is InChI=1S/C37H54N3O8P/c1-24(2)30-12-9-26(5)20-34(30)47-49(44,48-35-21-27(6)10-13-31(35)25(3)4)37(29-8-7-15-38-23-29)46-36(41)28-11-14-32(33(22-28)40(42)43)39-16-18-45-19-17-39/h7-8,11,14-15,22-27,30-31,34-35,37H,9-10,12-13,16-21H2,1-6H3/t26-,27-,30-,31+,34-,35-,37-,49?/m1/s1. The van der Waals surface area contributed by atoms with Gasteiger partial charge in [-0.05, 0) is 79.4 Å². The van der Waals surface area contributed by atoms with Gasteiger partial charge in [-0.1, -0.05) is 60.5 Å². The second-order valence-corrected chi connectivity index (χ2v) is 17.1. The molecule has 2 aliphatic carbocycles. The average molecular weight is 700 g/mol. The molecule has 0 bridgehead atoms. The zero-order valence-electron chi connectivity index (χ0n) is 29.9. The summed E-state index contributed by atoms with van der Waals surface area (Å²) in [5.41, 5.74) is 0.551. The number of hydrogen-bond donors (Lipinski definition) is 0. The summed E-state index contributed by atoms with van der Waals surface area (Å²) >= 11 is 0. The summed E-state index contributed by atoms with van der Waals surface area (Å²) in [6, 6.07) is 7.72. The number of anilines is 1. The summed E-state index contributed by atoms with van der Waals surface area (Å²) in [5.74, 6) is -0.662. The average Bonchev–Trinajstić information content (AvgIpc) is 3.07. The van der Waals surface area contributed by atoms with Crippen molar-refractivity contribution in [3.05, 3.63) is 64.0 Å². The highest BCUT2D eigenvalue weighted by Gasteiger charge is 2.49. The predicted molar refractivity (Wildman–Crippen MR) is 189 cm³/mol. The molecule has 0 spiro atoms. The Bertz CT molecular complexity index is 1430. The molecule has 0 amide bonds. The van der Waals surface area contributed by atoms with Gasteiger partial charge in [0.2, 0.25) is 5.85 Å². The topological polar surface area (TPSA) is 130 Å². The number of nitrogens with zero attached hydrogens (tertiary/aromatic N) is 3. The molecule has 3 fully saturated rings. The van der Waals surface area contributed by atoms with Gasteiger partial charge in [-0.2, -0.15) is 0 Å². The number of morpholine rings is 1. The maximum absolute atomic E-state index is 15.7. The number of aromatic nitrogens is 1. The Balaban J connectivity index is 1.55. The van der Waals surface area contributed by atoms with Crippen molar-refractivity contribution in [1.82, 2.24) is 4.98 Å². The second-order valence-electron chi connectivity index (χ2n) is 15.1. The maximum Gasteiger partial charge on any atom is 0.376 e. The van der Waals surface area contributed by atoms with Crippen LogP contribution in [0.4, 0.5) is 11.4 Å². The van der Waals surface area contributed by atoms with Crippen LogP contribution in [-0.4, -0.2) is 54.4 Å². The molecule has 1 aliphatic heterocycles. The van der Waals surface area contributed by atoms with Gasteiger partial charge in [0, 0.05) is 37.1 Å². The van der Waals surface area contributed by atoms with E-state index >= 15 is 4.57 Å². The van der Waals surface area contributed by atoms with Gasteiger partial charge in [0.25, 0.3) is 5.69 Å². The smallest absolute Gasteiger partial charge is 0.376 e. The lowest BCUT2D eigenvalue weighted by Crippen LogP contribution is -2.37. The lowest BCUT2D eigenvalue weighted by Gasteiger charge is -2.43. The Hall–Kier alpha value is -2.85. The van der Waals surface area contributed by atoms with Crippen LogP contribution in [0.15, 0.2) is 42.7 Å². The lowest BCUT2D eigenvalue weighted by atomic mass is 9.75. The zero-order valence-corrected chi connectivity index (χ0v) is 30.8. The third-order valence-electron chi connectivity index (χ3n) is 10.7. The number of benzene rings is 1. The van der Waals surface area contributed by atoms with Crippen LogP contribution in [-0.2, 0) is 23.1 Å². The summed E-state index contributed by atoms with van der Waals surface area (Å²) in [4.78, 5) is 31.9. The Kier molecular flexibility index (Phi) is 12.6. The van der Waals surface area contributed by atoms with Gasteiger partial charge < -0.3 is 23.4 Å². The second kappa shape index (κ2) is 16.4. The number of esters is 1. The molecule has 49 heavy (non-hydrogen) atoms. The molecule has 3 aliphatic rings.